The molecule has 19 heavy (non-hydrogen) atoms. The quantitative estimate of drug-likeness (QED) is 0.732. The lowest BCUT2D eigenvalue weighted by Crippen LogP contribution is -2.36. The van der Waals surface area contributed by atoms with Gasteiger partial charge >= 0.3 is 0 Å². The Labute approximate surface area is 113 Å². The molecule has 1 rings (SSSR count). The Morgan fingerprint density at radius 3 is 2.68 bits per heavy atom. The SMILES string of the molecule is CCN(CC(O)CS(=O)(=O)[O-])c1cccc(OC)c1. The van der Waals surface area contributed by atoms with Gasteiger partial charge in [0.2, 0.25) is 0 Å². The van der Waals surface area contributed by atoms with Crippen LogP contribution >= 0.6 is 0 Å². The van der Waals surface area contributed by atoms with Gasteiger partial charge in [-0.25, -0.2) is 8.42 Å². The molecule has 0 radical (unpaired) electrons. The van der Waals surface area contributed by atoms with Crippen LogP contribution in [-0.4, -0.2) is 50.1 Å². The van der Waals surface area contributed by atoms with E-state index in [-0.39, 0.29) is 6.54 Å². The van der Waals surface area contributed by atoms with Gasteiger partial charge in [0.25, 0.3) is 0 Å². The minimum absolute atomic E-state index is 0.0745. The second-order valence-corrected chi connectivity index (χ2v) is 5.57. The van der Waals surface area contributed by atoms with Crippen LogP contribution in [0.3, 0.4) is 0 Å². The Hall–Kier alpha value is -1.31. The molecule has 0 spiro atoms. The summed E-state index contributed by atoms with van der Waals surface area (Å²) in [7, 11) is -2.87. The van der Waals surface area contributed by atoms with Crippen LogP contribution in [0.15, 0.2) is 24.3 Å². The molecule has 0 fully saturated rings. The van der Waals surface area contributed by atoms with Crippen molar-refractivity contribution in [2.45, 2.75) is 13.0 Å². The lowest BCUT2D eigenvalue weighted by Gasteiger charge is -2.26. The number of hydrogen-bond donors (Lipinski definition) is 1. The number of rotatable bonds is 7. The summed E-state index contributed by atoms with van der Waals surface area (Å²) in [6.45, 7) is 2.52. The minimum Gasteiger partial charge on any atom is -0.748 e. The molecule has 1 atom stereocenters. The maximum Gasteiger partial charge on any atom is 0.120 e. The predicted octanol–water partition coefficient (Wildman–Crippen LogP) is 0.428. The molecule has 0 saturated heterocycles. The van der Waals surface area contributed by atoms with Crippen molar-refractivity contribution in [1.82, 2.24) is 0 Å². The first-order chi connectivity index (χ1) is 8.85. The minimum atomic E-state index is -4.42. The number of methoxy groups -OCH3 is 1. The summed E-state index contributed by atoms with van der Waals surface area (Å²) in [6, 6.07) is 7.19. The average Bonchev–Trinajstić information content (AvgIpc) is 2.34. The summed E-state index contributed by atoms with van der Waals surface area (Å²) in [6.07, 6.45) is -1.21. The van der Waals surface area contributed by atoms with Crippen molar-refractivity contribution >= 4 is 15.8 Å². The summed E-state index contributed by atoms with van der Waals surface area (Å²) in [5.74, 6) is -0.116. The lowest BCUT2D eigenvalue weighted by molar-refractivity contribution is 0.199. The molecule has 1 aromatic carbocycles. The molecule has 1 aromatic rings. The number of aliphatic hydroxyl groups is 1. The number of likely N-dealkylation sites (N-methyl/N-ethyl adjacent to an activating group) is 1. The van der Waals surface area contributed by atoms with Crippen LogP contribution in [0.25, 0.3) is 0 Å². The highest BCUT2D eigenvalue weighted by molar-refractivity contribution is 7.85. The largest absolute Gasteiger partial charge is 0.748 e. The van der Waals surface area contributed by atoms with E-state index < -0.39 is 22.0 Å². The van der Waals surface area contributed by atoms with Crippen molar-refractivity contribution in [3.63, 3.8) is 0 Å². The van der Waals surface area contributed by atoms with Crippen molar-refractivity contribution in [3.8, 4) is 5.75 Å². The monoisotopic (exact) mass is 288 g/mol. The standard InChI is InChI=1S/C12H19NO5S/c1-3-13(8-11(14)9-19(15,16)17)10-5-4-6-12(7-10)18-2/h4-7,11,14H,3,8-9H2,1-2H3,(H,15,16,17)/p-1. The van der Waals surface area contributed by atoms with Crippen LogP contribution < -0.4 is 9.64 Å². The molecular weight excluding hydrogens is 270 g/mol. The normalized spacial score (nSPS) is 13.1. The summed E-state index contributed by atoms with van der Waals surface area (Å²) in [5, 5.41) is 9.62. The second kappa shape index (κ2) is 6.74. The molecule has 0 amide bonds. The molecule has 0 aliphatic carbocycles. The van der Waals surface area contributed by atoms with E-state index in [4.69, 9.17) is 4.74 Å². The van der Waals surface area contributed by atoms with E-state index >= 15 is 0 Å². The first kappa shape index (κ1) is 15.7. The van der Waals surface area contributed by atoms with Crippen molar-refractivity contribution < 1.29 is 22.8 Å². The topological polar surface area (TPSA) is 89.9 Å². The Kier molecular flexibility index (Phi) is 5.59. The van der Waals surface area contributed by atoms with Crippen molar-refractivity contribution in [2.75, 3.05) is 30.9 Å². The van der Waals surface area contributed by atoms with Crippen LogP contribution in [0, 0.1) is 0 Å². The van der Waals surface area contributed by atoms with Crippen LogP contribution in [0.5, 0.6) is 5.75 Å². The molecule has 1 unspecified atom stereocenters. The maximum atomic E-state index is 10.6. The van der Waals surface area contributed by atoms with Crippen LogP contribution in [0.4, 0.5) is 5.69 Å². The third kappa shape index (κ3) is 5.46. The van der Waals surface area contributed by atoms with Crippen LogP contribution in [0.2, 0.25) is 0 Å². The van der Waals surface area contributed by atoms with E-state index in [0.717, 1.165) is 5.69 Å². The van der Waals surface area contributed by atoms with Crippen molar-refractivity contribution in [2.24, 2.45) is 0 Å². The number of anilines is 1. The summed E-state index contributed by atoms with van der Waals surface area (Å²) < 4.78 is 36.9. The molecule has 108 valence electrons. The van der Waals surface area contributed by atoms with E-state index in [1.807, 2.05) is 13.0 Å². The molecule has 0 saturated carbocycles. The van der Waals surface area contributed by atoms with Gasteiger partial charge in [0.05, 0.1) is 29.1 Å². The molecular formula is C12H18NO5S-. The van der Waals surface area contributed by atoms with E-state index in [2.05, 4.69) is 0 Å². The van der Waals surface area contributed by atoms with Gasteiger partial charge in [-0.05, 0) is 19.1 Å². The summed E-state index contributed by atoms with van der Waals surface area (Å²) in [4.78, 5) is 1.78. The first-order valence-electron chi connectivity index (χ1n) is 5.86. The zero-order chi connectivity index (χ0) is 14.5. The van der Waals surface area contributed by atoms with Crippen molar-refractivity contribution in [3.05, 3.63) is 24.3 Å². The van der Waals surface area contributed by atoms with E-state index in [1.54, 1.807) is 30.2 Å². The summed E-state index contributed by atoms with van der Waals surface area (Å²) in [5.41, 5.74) is 0.796. The average molecular weight is 288 g/mol. The van der Waals surface area contributed by atoms with Gasteiger partial charge in [0, 0.05) is 24.8 Å². The van der Waals surface area contributed by atoms with Crippen LogP contribution in [0.1, 0.15) is 6.92 Å². The van der Waals surface area contributed by atoms with E-state index in [1.165, 1.54) is 0 Å². The Balaban J connectivity index is 2.77. The molecule has 0 aliphatic rings. The van der Waals surface area contributed by atoms with Crippen molar-refractivity contribution in [1.29, 1.82) is 0 Å². The third-order valence-electron chi connectivity index (χ3n) is 2.63. The third-order valence-corrected chi connectivity index (χ3v) is 3.42. The highest BCUT2D eigenvalue weighted by atomic mass is 32.2. The molecule has 0 aromatic heterocycles. The number of benzene rings is 1. The highest BCUT2D eigenvalue weighted by Gasteiger charge is 2.14. The number of nitrogens with zero attached hydrogens (tertiary/aromatic N) is 1. The fraction of sp³-hybridized carbons (Fsp3) is 0.500. The van der Waals surface area contributed by atoms with Crippen LogP contribution in [-0.2, 0) is 10.1 Å². The van der Waals surface area contributed by atoms with Gasteiger partial charge in [-0.3, -0.25) is 0 Å². The molecule has 0 aliphatic heterocycles. The maximum absolute atomic E-state index is 10.6. The Morgan fingerprint density at radius 2 is 2.16 bits per heavy atom. The van der Waals surface area contributed by atoms with Gasteiger partial charge < -0.3 is 19.3 Å². The number of hydrogen-bond acceptors (Lipinski definition) is 6. The number of aliphatic hydroxyl groups excluding tert-OH is 1. The first-order valence-corrected chi connectivity index (χ1v) is 7.44. The van der Waals surface area contributed by atoms with Gasteiger partial charge in [-0.2, -0.15) is 0 Å². The fourth-order valence-corrected chi connectivity index (χ4v) is 2.34. The zero-order valence-electron chi connectivity index (χ0n) is 10.9. The predicted molar refractivity (Wildman–Crippen MR) is 71.5 cm³/mol. The Bertz CT molecular complexity index is 503. The smallest absolute Gasteiger partial charge is 0.120 e. The van der Waals surface area contributed by atoms with Gasteiger partial charge in [-0.1, -0.05) is 6.07 Å². The van der Waals surface area contributed by atoms with Gasteiger partial charge in [0.1, 0.15) is 5.75 Å². The van der Waals surface area contributed by atoms with Gasteiger partial charge in [-0.15, -0.1) is 0 Å². The van der Waals surface area contributed by atoms with E-state index in [0.29, 0.717) is 12.3 Å². The van der Waals surface area contributed by atoms with E-state index in [9.17, 15) is 18.1 Å². The fourth-order valence-electron chi connectivity index (χ4n) is 1.77. The molecule has 1 N–H and O–H groups in total. The molecule has 0 bridgehead atoms. The molecule has 0 heterocycles. The molecule has 6 nitrogen and oxygen atoms in total. The molecule has 7 heteroatoms. The highest BCUT2D eigenvalue weighted by Crippen LogP contribution is 2.21. The number of ether oxygens (including phenoxy) is 1. The zero-order valence-corrected chi connectivity index (χ0v) is 11.8. The summed E-state index contributed by atoms with van der Waals surface area (Å²) >= 11 is 0. The lowest BCUT2D eigenvalue weighted by atomic mass is 10.2. The Morgan fingerprint density at radius 1 is 1.47 bits per heavy atom. The second-order valence-electron chi connectivity index (χ2n) is 4.12. The van der Waals surface area contributed by atoms with Gasteiger partial charge in [0.15, 0.2) is 0 Å².